The van der Waals surface area contributed by atoms with Crippen molar-refractivity contribution in [3.8, 4) is 0 Å². The molecule has 84 valence electrons. The molecule has 0 radical (unpaired) electrons. The van der Waals surface area contributed by atoms with Gasteiger partial charge in [-0.2, -0.15) is 0 Å². The monoisotopic (exact) mass is 201 g/mol. The first-order valence-corrected chi connectivity index (χ1v) is 5.59. The number of ether oxygens (including phenoxy) is 1. The molecule has 14 heavy (non-hydrogen) atoms. The molecule has 0 aromatic carbocycles. The third-order valence-corrected chi connectivity index (χ3v) is 3.13. The van der Waals surface area contributed by atoms with Gasteiger partial charge in [0, 0.05) is 12.6 Å². The molecule has 0 aromatic rings. The van der Waals surface area contributed by atoms with E-state index in [-0.39, 0.29) is 6.61 Å². The van der Waals surface area contributed by atoms with E-state index in [1.165, 1.54) is 19.3 Å². The molecule has 0 aromatic heterocycles. The molecule has 1 aliphatic carbocycles. The number of aliphatic hydroxyl groups is 1. The molecule has 0 bridgehead atoms. The molecular formula is C11H23NO2. The molecule has 1 fully saturated rings. The van der Waals surface area contributed by atoms with E-state index >= 15 is 0 Å². The summed E-state index contributed by atoms with van der Waals surface area (Å²) in [6.45, 7) is 6.82. The molecule has 1 atom stereocenters. The van der Waals surface area contributed by atoms with Crippen LogP contribution in [0.15, 0.2) is 0 Å². The minimum Gasteiger partial charge on any atom is -0.394 e. The Hall–Kier alpha value is -0.120. The van der Waals surface area contributed by atoms with Crippen LogP contribution in [-0.2, 0) is 4.74 Å². The molecule has 1 rings (SSSR count). The predicted octanol–water partition coefficient (Wildman–Crippen LogP) is 1.16. The highest BCUT2D eigenvalue weighted by Crippen LogP contribution is 2.36. The largest absolute Gasteiger partial charge is 0.394 e. The molecule has 1 aliphatic rings. The van der Waals surface area contributed by atoms with Gasteiger partial charge in [0.05, 0.1) is 19.8 Å². The van der Waals surface area contributed by atoms with Gasteiger partial charge in [-0.15, -0.1) is 0 Å². The maximum atomic E-state index is 8.51. The normalized spacial score (nSPS) is 25.5. The second-order valence-corrected chi connectivity index (χ2v) is 4.72. The van der Waals surface area contributed by atoms with Crippen molar-refractivity contribution in [3.63, 3.8) is 0 Å². The molecule has 3 nitrogen and oxygen atoms in total. The first-order valence-electron chi connectivity index (χ1n) is 5.59. The van der Waals surface area contributed by atoms with Crippen LogP contribution in [0.4, 0.5) is 0 Å². The summed E-state index contributed by atoms with van der Waals surface area (Å²) in [5.74, 6) is 0. The van der Waals surface area contributed by atoms with Gasteiger partial charge in [0.2, 0.25) is 0 Å². The van der Waals surface area contributed by atoms with Gasteiger partial charge in [0.25, 0.3) is 0 Å². The fraction of sp³-hybridized carbons (Fsp3) is 1.00. The SMILES string of the molecule is CC1(C)CCCC1NCCOCCO. The topological polar surface area (TPSA) is 41.5 Å². The number of hydrogen-bond acceptors (Lipinski definition) is 3. The van der Waals surface area contributed by atoms with Crippen LogP contribution in [0.5, 0.6) is 0 Å². The van der Waals surface area contributed by atoms with Crippen LogP contribution in [0.2, 0.25) is 0 Å². The third-order valence-electron chi connectivity index (χ3n) is 3.13. The molecule has 1 unspecified atom stereocenters. The van der Waals surface area contributed by atoms with Gasteiger partial charge in [0.1, 0.15) is 0 Å². The van der Waals surface area contributed by atoms with Gasteiger partial charge in [-0.05, 0) is 18.3 Å². The smallest absolute Gasteiger partial charge is 0.0698 e. The highest BCUT2D eigenvalue weighted by Gasteiger charge is 2.33. The van der Waals surface area contributed by atoms with Crippen LogP contribution in [0, 0.1) is 5.41 Å². The first kappa shape index (κ1) is 12.0. The van der Waals surface area contributed by atoms with Gasteiger partial charge in [-0.1, -0.05) is 20.3 Å². The van der Waals surface area contributed by atoms with Crippen molar-refractivity contribution in [2.45, 2.75) is 39.2 Å². The Morgan fingerprint density at radius 3 is 2.79 bits per heavy atom. The van der Waals surface area contributed by atoms with Crippen LogP contribution >= 0.6 is 0 Å². The lowest BCUT2D eigenvalue weighted by Crippen LogP contribution is -2.39. The van der Waals surface area contributed by atoms with Crippen LogP contribution in [0.25, 0.3) is 0 Å². The van der Waals surface area contributed by atoms with Crippen molar-refractivity contribution in [2.75, 3.05) is 26.4 Å². The van der Waals surface area contributed by atoms with Gasteiger partial charge < -0.3 is 15.2 Å². The zero-order valence-corrected chi connectivity index (χ0v) is 9.38. The Kier molecular flexibility index (Phi) is 4.85. The summed E-state index contributed by atoms with van der Waals surface area (Å²) in [5.41, 5.74) is 0.441. The van der Waals surface area contributed by atoms with Gasteiger partial charge in [0.15, 0.2) is 0 Å². The molecule has 0 amide bonds. The number of hydrogen-bond donors (Lipinski definition) is 2. The summed E-state index contributed by atoms with van der Waals surface area (Å²) in [5, 5.41) is 12.0. The average Bonchev–Trinajstić information content (AvgIpc) is 2.45. The maximum Gasteiger partial charge on any atom is 0.0698 e. The van der Waals surface area contributed by atoms with E-state index in [0.29, 0.717) is 24.7 Å². The van der Waals surface area contributed by atoms with Crippen molar-refractivity contribution in [1.29, 1.82) is 0 Å². The van der Waals surface area contributed by atoms with E-state index in [4.69, 9.17) is 9.84 Å². The van der Waals surface area contributed by atoms with E-state index in [2.05, 4.69) is 19.2 Å². The summed E-state index contributed by atoms with van der Waals surface area (Å²) < 4.78 is 5.20. The van der Waals surface area contributed by atoms with Crippen molar-refractivity contribution in [2.24, 2.45) is 5.41 Å². The van der Waals surface area contributed by atoms with Crippen LogP contribution in [0.3, 0.4) is 0 Å². The Balaban J connectivity index is 2.06. The Labute approximate surface area is 86.8 Å². The summed E-state index contributed by atoms with van der Waals surface area (Å²) in [6.07, 6.45) is 3.94. The van der Waals surface area contributed by atoms with Crippen LogP contribution in [-0.4, -0.2) is 37.5 Å². The van der Waals surface area contributed by atoms with Crippen molar-refractivity contribution >= 4 is 0 Å². The fourth-order valence-electron chi connectivity index (χ4n) is 2.18. The van der Waals surface area contributed by atoms with Crippen LogP contribution in [0.1, 0.15) is 33.1 Å². The molecule has 0 saturated heterocycles. The summed E-state index contributed by atoms with van der Waals surface area (Å²) >= 11 is 0. The van der Waals surface area contributed by atoms with E-state index in [9.17, 15) is 0 Å². The highest BCUT2D eigenvalue weighted by molar-refractivity contribution is 4.89. The van der Waals surface area contributed by atoms with Crippen molar-refractivity contribution in [1.82, 2.24) is 5.32 Å². The average molecular weight is 201 g/mol. The number of nitrogens with one attached hydrogen (secondary N) is 1. The van der Waals surface area contributed by atoms with Gasteiger partial charge in [-0.3, -0.25) is 0 Å². The lowest BCUT2D eigenvalue weighted by atomic mass is 9.87. The second-order valence-electron chi connectivity index (χ2n) is 4.72. The maximum absolute atomic E-state index is 8.51. The molecular weight excluding hydrogens is 178 g/mol. The Morgan fingerprint density at radius 2 is 2.21 bits per heavy atom. The van der Waals surface area contributed by atoms with E-state index in [1.807, 2.05) is 0 Å². The summed E-state index contributed by atoms with van der Waals surface area (Å²) in [6, 6.07) is 0.639. The zero-order valence-electron chi connectivity index (χ0n) is 9.38. The lowest BCUT2D eigenvalue weighted by molar-refractivity contribution is 0.0903. The van der Waals surface area contributed by atoms with Gasteiger partial charge >= 0.3 is 0 Å². The number of rotatable bonds is 6. The standard InChI is InChI=1S/C11H23NO2/c1-11(2)5-3-4-10(11)12-6-8-14-9-7-13/h10,12-13H,3-9H2,1-2H3. The first-order chi connectivity index (χ1) is 6.67. The molecule has 0 heterocycles. The second kappa shape index (κ2) is 5.69. The third kappa shape index (κ3) is 3.56. The minimum atomic E-state index is 0.120. The zero-order chi connectivity index (χ0) is 10.4. The Morgan fingerprint density at radius 1 is 1.43 bits per heavy atom. The van der Waals surface area contributed by atoms with Gasteiger partial charge in [-0.25, -0.2) is 0 Å². The van der Waals surface area contributed by atoms with E-state index in [1.54, 1.807) is 0 Å². The van der Waals surface area contributed by atoms with Crippen molar-refractivity contribution in [3.05, 3.63) is 0 Å². The molecule has 0 aliphatic heterocycles. The van der Waals surface area contributed by atoms with Crippen LogP contribution < -0.4 is 5.32 Å². The molecule has 0 spiro atoms. The predicted molar refractivity (Wildman–Crippen MR) is 57.3 cm³/mol. The molecule has 1 saturated carbocycles. The molecule has 3 heteroatoms. The summed E-state index contributed by atoms with van der Waals surface area (Å²) in [4.78, 5) is 0. The minimum absolute atomic E-state index is 0.120. The molecule has 2 N–H and O–H groups in total. The lowest BCUT2D eigenvalue weighted by Gasteiger charge is -2.27. The quantitative estimate of drug-likeness (QED) is 0.634. The van der Waals surface area contributed by atoms with Crippen molar-refractivity contribution < 1.29 is 9.84 Å². The Bertz CT molecular complexity index is 159. The number of aliphatic hydroxyl groups excluding tert-OH is 1. The highest BCUT2D eigenvalue weighted by atomic mass is 16.5. The fourth-order valence-corrected chi connectivity index (χ4v) is 2.18. The van der Waals surface area contributed by atoms with E-state index in [0.717, 1.165) is 6.54 Å². The van der Waals surface area contributed by atoms with E-state index < -0.39 is 0 Å². The summed E-state index contributed by atoms with van der Waals surface area (Å²) in [7, 11) is 0.